The molecular weight excluding hydrogens is 366 g/mol. The van der Waals surface area contributed by atoms with Gasteiger partial charge in [-0.3, -0.25) is 4.79 Å². The van der Waals surface area contributed by atoms with E-state index in [0.717, 1.165) is 49.2 Å². The number of nitrogens with zero attached hydrogens (tertiary/aromatic N) is 1. The van der Waals surface area contributed by atoms with Crippen LogP contribution in [0.2, 0.25) is 0 Å². The van der Waals surface area contributed by atoms with E-state index < -0.39 is 5.97 Å². The average Bonchev–Trinajstić information content (AvgIpc) is 3.26. The Morgan fingerprint density at radius 3 is 2.86 bits per heavy atom. The molecule has 148 valence electrons. The molecule has 2 unspecified atom stereocenters. The zero-order valence-corrected chi connectivity index (χ0v) is 16.2. The second kappa shape index (κ2) is 6.81. The van der Waals surface area contributed by atoms with E-state index in [1.54, 1.807) is 0 Å². The van der Waals surface area contributed by atoms with Gasteiger partial charge >= 0.3 is 5.97 Å². The van der Waals surface area contributed by atoms with Gasteiger partial charge in [-0.05, 0) is 54.9 Å². The Hall–Kier alpha value is -3.00. The first-order valence-electron chi connectivity index (χ1n) is 10.3. The molecule has 5 rings (SSSR count). The molecule has 1 heterocycles. The first-order chi connectivity index (χ1) is 14.1. The predicted molar refractivity (Wildman–Crippen MR) is 106 cm³/mol. The van der Waals surface area contributed by atoms with Crippen molar-refractivity contribution in [3.63, 3.8) is 0 Å². The summed E-state index contributed by atoms with van der Waals surface area (Å²) >= 11 is 0. The molecule has 2 aromatic carbocycles. The zero-order chi connectivity index (χ0) is 20.0. The average molecular weight is 389 g/mol. The van der Waals surface area contributed by atoms with E-state index in [0.29, 0.717) is 6.61 Å². The lowest BCUT2D eigenvalue weighted by Crippen LogP contribution is -2.33. The summed E-state index contributed by atoms with van der Waals surface area (Å²) in [6, 6.07) is 14.6. The van der Waals surface area contributed by atoms with Gasteiger partial charge in [0, 0.05) is 17.5 Å². The highest BCUT2D eigenvalue weighted by Crippen LogP contribution is 2.48. The van der Waals surface area contributed by atoms with Gasteiger partial charge in [-0.15, -0.1) is 0 Å². The third-order valence-electron chi connectivity index (χ3n) is 6.72. The van der Waals surface area contributed by atoms with Crippen molar-refractivity contribution in [3.05, 3.63) is 58.7 Å². The van der Waals surface area contributed by atoms with Crippen LogP contribution >= 0.6 is 0 Å². The topological polar surface area (TPSA) is 79.5 Å². The van der Waals surface area contributed by atoms with Gasteiger partial charge in [0.2, 0.25) is 0 Å². The van der Waals surface area contributed by atoms with Gasteiger partial charge in [-0.25, -0.2) is 0 Å². The molecule has 0 saturated heterocycles. The van der Waals surface area contributed by atoms with E-state index in [1.165, 1.54) is 16.7 Å². The number of hydrogen-bond donors (Lipinski definition) is 1. The second-order valence-corrected chi connectivity index (χ2v) is 8.37. The minimum absolute atomic E-state index is 0.0324. The normalized spacial score (nSPS) is 23.3. The van der Waals surface area contributed by atoms with Crippen molar-refractivity contribution in [1.82, 2.24) is 0 Å². The Balaban J connectivity index is 1.38. The highest BCUT2D eigenvalue weighted by Gasteiger charge is 2.42. The fraction of sp³-hybridized carbons (Fsp3) is 0.417. The number of nitriles is 1. The molecule has 2 atom stereocenters. The third-order valence-corrected chi connectivity index (χ3v) is 6.72. The predicted octanol–water partition coefficient (Wildman–Crippen LogP) is 4.65. The van der Waals surface area contributed by atoms with Crippen LogP contribution in [-0.4, -0.2) is 17.7 Å². The first kappa shape index (κ1) is 18.1. The number of carboxylic acid groups (broad SMARTS) is 1. The first-order valence-corrected chi connectivity index (χ1v) is 10.3. The summed E-state index contributed by atoms with van der Waals surface area (Å²) < 4.78 is 12.0. The molecule has 1 saturated carbocycles. The lowest BCUT2D eigenvalue weighted by Gasteiger charge is -2.37. The standard InChI is InChI=1S/C24H23NO4/c25-14-24(9-2-10-24)20-4-1-3-19-18(20)7-8-21(19)29-16-5-6-17-15(11-23(26)27)13-28-22(17)12-16/h1,3-6,12,15,21H,2,7-11,13H2,(H,26,27). The van der Waals surface area contributed by atoms with Crippen LogP contribution in [0.3, 0.4) is 0 Å². The summed E-state index contributed by atoms with van der Waals surface area (Å²) in [6.45, 7) is 0.400. The molecule has 2 aliphatic carbocycles. The highest BCUT2D eigenvalue weighted by molar-refractivity contribution is 5.68. The summed E-state index contributed by atoms with van der Waals surface area (Å²) in [7, 11) is 0. The molecule has 0 bridgehead atoms. The minimum atomic E-state index is -0.813. The maximum absolute atomic E-state index is 11.0. The molecule has 3 aliphatic rings. The van der Waals surface area contributed by atoms with Crippen molar-refractivity contribution < 1.29 is 19.4 Å². The lowest BCUT2D eigenvalue weighted by molar-refractivity contribution is -0.137. The molecule has 0 spiro atoms. The number of hydrogen-bond acceptors (Lipinski definition) is 4. The van der Waals surface area contributed by atoms with Crippen LogP contribution < -0.4 is 9.47 Å². The number of carboxylic acids is 1. The van der Waals surface area contributed by atoms with Gasteiger partial charge in [-0.1, -0.05) is 24.3 Å². The number of fused-ring (bicyclic) bond motifs is 2. The number of ether oxygens (including phenoxy) is 2. The van der Waals surface area contributed by atoms with E-state index in [-0.39, 0.29) is 23.9 Å². The van der Waals surface area contributed by atoms with Gasteiger partial charge in [0.15, 0.2) is 0 Å². The van der Waals surface area contributed by atoms with Crippen molar-refractivity contribution in [2.75, 3.05) is 6.61 Å². The molecule has 5 heteroatoms. The number of benzene rings is 2. The monoisotopic (exact) mass is 389 g/mol. The molecule has 1 N–H and O–H groups in total. The molecule has 5 nitrogen and oxygen atoms in total. The van der Waals surface area contributed by atoms with E-state index in [2.05, 4.69) is 24.3 Å². The van der Waals surface area contributed by atoms with E-state index in [4.69, 9.17) is 14.6 Å². The lowest BCUT2D eigenvalue weighted by atomic mass is 9.64. The third kappa shape index (κ3) is 2.95. The molecule has 0 aromatic heterocycles. The number of aliphatic carboxylic acids is 1. The summed E-state index contributed by atoms with van der Waals surface area (Å²) in [5, 5.41) is 18.8. The molecule has 0 amide bonds. The number of rotatable bonds is 5. The molecule has 1 aliphatic heterocycles. The minimum Gasteiger partial charge on any atom is -0.492 e. The summed E-state index contributed by atoms with van der Waals surface area (Å²) in [6.07, 6.45) is 4.89. The van der Waals surface area contributed by atoms with Crippen LogP contribution in [0, 0.1) is 11.3 Å². The van der Waals surface area contributed by atoms with Gasteiger partial charge in [0.25, 0.3) is 0 Å². The molecule has 0 radical (unpaired) electrons. The van der Waals surface area contributed by atoms with Crippen LogP contribution in [0.5, 0.6) is 11.5 Å². The zero-order valence-electron chi connectivity index (χ0n) is 16.2. The van der Waals surface area contributed by atoms with Crippen LogP contribution in [0.15, 0.2) is 36.4 Å². The Kier molecular flexibility index (Phi) is 4.24. The van der Waals surface area contributed by atoms with Crippen molar-refractivity contribution in [2.24, 2.45) is 0 Å². The van der Waals surface area contributed by atoms with Crippen molar-refractivity contribution in [1.29, 1.82) is 5.26 Å². The smallest absolute Gasteiger partial charge is 0.304 e. The fourth-order valence-corrected chi connectivity index (χ4v) is 5.03. The second-order valence-electron chi connectivity index (χ2n) is 8.37. The molecule has 1 fully saturated rings. The number of carbonyl (C=O) groups is 1. The Labute approximate surface area is 169 Å². The summed E-state index contributed by atoms with van der Waals surface area (Å²) in [4.78, 5) is 11.0. The van der Waals surface area contributed by atoms with Crippen molar-refractivity contribution >= 4 is 5.97 Å². The Morgan fingerprint density at radius 2 is 2.14 bits per heavy atom. The van der Waals surface area contributed by atoms with E-state index in [1.807, 2.05) is 18.2 Å². The van der Waals surface area contributed by atoms with E-state index in [9.17, 15) is 10.1 Å². The Morgan fingerprint density at radius 1 is 1.28 bits per heavy atom. The Bertz CT molecular complexity index is 1020. The molecule has 29 heavy (non-hydrogen) atoms. The molecular formula is C24H23NO4. The fourth-order valence-electron chi connectivity index (χ4n) is 5.03. The van der Waals surface area contributed by atoms with Crippen molar-refractivity contribution in [2.45, 2.75) is 56.0 Å². The van der Waals surface area contributed by atoms with E-state index >= 15 is 0 Å². The summed E-state index contributed by atoms with van der Waals surface area (Å²) in [5.41, 5.74) is 4.31. The summed E-state index contributed by atoms with van der Waals surface area (Å²) in [5.74, 6) is 0.544. The SMILES string of the molecule is N#CC1(c2cccc3c2CCC3Oc2ccc3c(c2)OCC3CC(=O)O)CCC1. The quantitative estimate of drug-likeness (QED) is 0.805. The highest BCUT2D eigenvalue weighted by atomic mass is 16.5. The largest absolute Gasteiger partial charge is 0.492 e. The van der Waals surface area contributed by atoms with Crippen LogP contribution in [0.25, 0.3) is 0 Å². The van der Waals surface area contributed by atoms with Crippen molar-refractivity contribution in [3.8, 4) is 17.6 Å². The maximum atomic E-state index is 11.0. The van der Waals surface area contributed by atoms with Gasteiger partial charge in [-0.2, -0.15) is 5.26 Å². The molecule has 2 aromatic rings. The van der Waals surface area contributed by atoms with Crippen LogP contribution in [0.4, 0.5) is 0 Å². The van der Waals surface area contributed by atoms with Crippen LogP contribution in [0.1, 0.15) is 66.4 Å². The maximum Gasteiger partial charge on any atom is 0.304 e. The van der Waals surface area contributed by atoms with Gasteiger partial charge < -0.3 is 14.6 Å². The van der Waals surface area contributed by atoms with Crippen LogP contribution in [-0.2, 0) is 16.6 Å². The van der Waals surface area contributed by atoms with Gasteiger partial charge in [0.05, 0.1) is 24.5 Å². The van der Waals surface area contributed by atoms with Gasteiger partial charge in [0.1, 0.15) is 17.6 Å².